The van der Waals surface area contributed by atoms with E-state index >= 15 is 0 Å². The van der Waals surface area contributed by atoms with Crippen LogP contribution in [0, 0.1) is 5.92 Å². The molecular formula is C12H16ClN3O2. The van der Waals surface area contributed by atoms with Gasteiger partial charge in [0.25, 0.3) is 5.91 Å². The Morgan fingerprint density at radius 2 is 2.39 bits per heavy atom. The van der Waals surface area contributed by atoms with Gasteiger partial charge in [-0.25, -0.2) is 4.98 Å². The molecule has 0 bridgehead atoms. The van der Waals surface area contributed by atoms with Gasteiger partial charge in [-0.2, -0.15) is 0 Å². The van der Waals surface area contributed by atoms with Gasteiger partial charge in [-0.15, -0.1) is 0 Å². The van der Waals surface area contributed by atoms with Crippen LogP contribution in [0.3, 0.4) is 0 Å². The summed E-state index contributed by atoms with van der Waals surface area (Å²) in [7, 11) is 0. The summed E-state index contributed by atoms with van der Waals surface area (Å²) in [6.45, 7) is 0.450. The number of nitrogens with two attached hydrogens (primary N) is 1. The van der Waals surface area contributed by atoms with Crippen molar-refractivity contribution in [2.24, 2.45) is 5.92 Å². The van der Waals surface area contributed by atoms with Crippen molar-refractivity contribution >= 4 is 23.2 Å². The van der Waals surface area contributed by atoms with E-state index in [2.05, 4.69) is 10.3 Å². The van der Waals surface area contributed by atoms with E-state index in [1.165, 1.54) is 12.3 Å². The molecule has 0 spiro atoms. The highest BCUT2D eigenvalue weighted by molar-refractivity contribution is 6.32. The van der Waals surface area contributed by atoms with Gasteiger partial charge in [-0.1, -0.05) is 18.0 Å². The first-order chi connectivity index (χ1) is 8.58. The standard InChI is InChI=1S/C12H16ClN3O2/c13-11-9(4-8(14)6-15-11)12(18)16-5-7-2-1-3-10(7)17/h4,6-7,10,17H,1-3,5,14H2,(H,16,18). The minimum absolute atomic E-state index is 0.127. The normalized spacial score (nSPS) is 23.0. The Balaban J connectivity index is 1.97. The quantitative estimate of drug-likeness (QED) is 0.720. The fraction of sp³-hybridized carbons (Fsp3) is 0.500. The molecule has 1 aromatic heterocycles. The maximum absolute atomic E-state index is 11.9. The lowest BCUT2D eigenvalue weighted by Crippen LogP contribution is -2.32. The molecule has 2 unspecified atom stereocenters. The molecule has 0 aliphatic heterocycles. The summed E-state index contributed by atoms with van der Waals surface area (Å²) in [5, 5.41) is 12.6. The van der Waals surface area contributed by atoms with Crippen LogP contribution in [0.25, 0.3) is 0 Å². The largest absolute Gasteiger partial charge is 0.397 e. The molecule has 1 fully saturated rings. The van der Waals surface area contributed by atoms with Crippen molar-refractivity contribution in [1.29, 1.82) is 0 Å². The van der Waals surface area contributed by atoms with Crippen molar-refractivity contribution in [3.63, 3.8) is 0 Å². The predicted molar refractivity (Wildman–Crippen MR) is 69.3 cm³/mol. The Bertz CT molecular complexity index is 453. The second-order valence-electron chi connectivity index (χ2n) is 4.58. The Hall–Kier alpha value is -1.33. The number of anilines is 1. The molecule has 1 amide bonds. The minimum atomic E-state index is -0.320. The number of nitrogen functional groups attached to an aromatic ring is 1. The van der Waals surface area contributed by atoms with Gasteiger partial charge in [0.05, 0.1) is 23.6 Å². The minimum Gasteiger partial charge on any atom is -0.397 e. The summed E-state index contributed by atoms with van der Waals surface area (Å²) in [6, 6.07) is 1.50. The molecule has 5 nitrogen and oxygen atoms in total. The van der Waals surface area contributed by atoms with Crippen molar-refractivity contribution < 1.29 is 9.90 Å². The van der Waals surface area contributed by atoms with Crippen LogP contribution in [0.2, 0.25) is 5.15 Å². The molecule has 0 radical (unpaired) electrons. The zero-order chi connectivity index (χ0) is 13.1. The summed E-state index contributed by atoms with van der Waals surface area (Å²) in [5.41, 5.74) is 6.23. The first kappa shape index (κ1) is 13.1. The fourth-order valence-electron chi connectivity index (χ4n) is 2.20. The Kier molecular flexibility index (Phi) is 4.04. The molecule has 0 aromatic carbocycles. The van der Waals surface area contributed by atoms with Gasteiger partial charge in [0.2, 0.25) is 0 Å². The van der Waals surface area contributed by atoms with Gasteiger partial charge in [-0.05, 0) is 18.9 Å². The van der Waals surface area contributed by atoms with Crippen LogP contribution in [0.1, 0.15) is 29.6 Å². The molecule has 2 atom stereocenters. The van der Waals surface area contributed by atoms with Crippen molar-refractivity contribution in [2.75, 3.05) is 12.3 Å². The van der Waals surface area contributed by atoms with Crippen molar-refractivity contribution in [1.82, 2.24) is 10.3 Å². The van der Waals surface area contributed by atoms with E-state index < -0.39 is 0 Å². The Morgan fingerprint density at radius 3 is 3.06 bits per heavy atom. The molecule has 0 saturated heterocycles. The lowest BCUT2D eigenvalue weighted by Gasteiger charge is -2.15. The number of hydrogen-bond donors (Lipinski definition) is 3. The number of halogens is 1. The first-order valence-electron chi connectivity index (χ1n) is 5.95. The molecule has 1 heterocycles. The van der Waals surface area contributed by atoms with Gasteiger partial charge < -0.3 is 16.2 Å². The van der Waals surface area contributed by atoms with Crippen LogP contribution in [-0.4, -0.2) is 28.6 Å². The number of carbonyl (C=O) groups excluding carboxylic acids is 1. The highest BCUT2D eigenvalue weighted by atomic mass is 35.5. The molecule has 1 aromatic rings. The SMILES string of the molecule is Nc1cnc(Cl)c(C(=O)NCC2CCCC2O)c1. The lowest BCUT2D eigenvalue weighted by molar-refractivity contribution is 0.0916. The second-order valence-corrected chi connectivity index (χ2v) is 4.93. The summed E-state index contributed by atoms with van der Waals surface area (Å²) in [5.74, 6) is -0.180. The molecule has 4 N–H and O–H groups in total. The highest BCUT2D eigenvalue weighted by Crippen LogP contribution is 2.25. The van der Waals surface area contributed by atoms with E-state index in [1.54, 1.807) is 0 Å². The molecule has 1 aliphatic carbocycles. The van der Waals surface area contributed by atoms with E-state index in [0.717, 1.165) is 19.3 Å². The summed E-state index contributed by atoms with van der Waals surface area (Å²) in [6.07, 6.45) is 3.83. The van der Waals surface area contributed by atoms with Gasteiger partial charge in [0, 0.05) is 12.5 Å². The average Bonchev–Trinajstić information content (AvgIpc) is 2.75. The first-order valence-corrected chi connectivity index (χ1v) is 6.33. The molecule has 98 valence electrons. The molecule has 6 heteroatoms. The maximum atomic E-state index is 11.9. The topological polar surface area (TPSA) is 88.2 Å². The van der Waals surface area contributed by atoms with E-state index in [4.69, 9.17) is 17.3 Å². The summed E-state index contributed by atoms with van der Waals surface area (Å²) in [4.78, 5) is 15.7. The van der Waals surface area contributed by atoms with Crippen LogP contribution >= 0.6 is 11.6 Å². The van der Waals surface area contributed by atoms with E-state index in [9.17, 15) is 9.90 Å². The molecule has 1 aliphatic rings. The Labute approximate surface area is 110 Å². The third kappa shape index (κ3) is 2.91. The maximum Gasteiger partial charge on any atom is 0.254 e. The van der Waals surface area contributed by atoms with E-state index in [1.807, 2.05) is 0 Å². The zero-order valence-corrected chi connectivity index (χ0v) is 10.7. The number of nitrogens with one attached hydrogen (secondary N) is 1. The van der Waals surface area contributed by atoms with Gasteiger partial charge in [0.1, 0.15) is 5.15 Å². The monoisotopic (exact) mass is 269 g/mol. The van der Waals surface area contributed by atoms with Gasteiger partial charge in [0.15, 0.2) is 0 Å². The third-order valence-corrected chi connectivity index (χ3v) is 3.55. The fourth-order valence-corrected chi connectivity index (χ4v) is 2.39. The number of aliphatic hydroxyl groups is 1. The third-order valence-electron chi connectivity index (χ3n) is 3.25. The lowest BCUT2D eigenvalue weighted by atomic mass is 10.1. The average molecular weight is 270 g/mol. The molecule has 2 rings (SSSR count). The van der Waals surface area contributed by atoms with Crippen molar-refractivity contribution in [2.45, 2.75) is 25.4 Å². The van der Waals surface area contributed by atoms with Crippen LogP contribution in [0.15, 0.2) is 12.3 Å². The molecule has 18 heavy (non-hydrogen) atoms. The molecule has 1 saturated carbocycles. The molecular weight excluding hydrogens is 254 g/mol. The van der Waals surface area contributed by atoms with Crippen LogP contribution in [-0.2, 0) is 0 Å². The number of pyridine rings is 1. The smallest absolute Gasteiger partial charge is 0.254 e. The van der Waals surface area contributed by atoms with E-state index in [0.29, 0.717) is 12.2 Å². The van der Waals surface area contributed by atoms with Crippen LogP contribution in [0.5, 0.6) is 0 Å². The number of aliphatic hydroxyl groups excluding tert-OH is 1. The predicted octanol–water partition coefficient (Wildman–Crippen LogP) is 1.21. The summed E-state index contributed by atoms with van der Waals surface area (Å²) < 4.78 is 0. The van der Waals surface area contributed by atoms with E-state index in [-0.39, 0.29) is 28.6 Å². The number of aromatic nitrogens is 1. The van der Waals surface area contributed by atoms with Gasteiger partial charge >= 0.3 is 0 Å². The number of carbonyl (C=O) groups is 1. The summed E-state index contributed by atoms with van der Waals surface area (Å²) >= 11 is 5.84. The second kappa shape index (κ2) is 5.54. The zero-order valence-electron chi connectivity index (χ0n) is 9.90. The number of nitrogens with zero attached hydrogens (tertiary/aromatic N) is 1. The number of amides is 1. The van der Waals surface area contributed by atoms with Gasteiger partial charge in [-0.3, -0.25) is 4.79 Å². The van der Waals surface area contributed by atoms with Crippen molar-refractivity contribution in [3.05, 3.63) is 23.0 Å². The van der Waals surface area contributed by atoms with Crippen molar-refractivity contribution in [3.8, 4) is 0 Å². The van der Waals surface area contributed by atoms with Crippen LogP contribution in [0.4, 0.5) is 5.69 Å². The Morgan fingerprint density at radius 1 is 1.61 bits per heavy atom. The highest BCUT2D eigenvalue weighted by Gasteiger charge is 2.25. The van der Waals surface area contributed by atoms with Crippen LogP contribution < -0.4 is 11.1 Å². The number of hydrogen-bond acceptors (Lipinski definition) is 4. The number of rotatable bonds is 3.